The van der Waals surface area contributed by atoms with Gasteiger partial charge in [-0.05, 0) is 66.4 Å². The maximum Gasteiger partial charge on any atom is 0.282 e. The van der Waals surface area contributed by atoms with Gasteiger partial charge in [-0.15, -0.1) is 0 Å². The lowest BCUT2D eigenvalue weighted by Crippen LogP contribution is -2.25. The van der Waals surface area contributed by atoms with E-state index in [9.17, 15) is 4.79 Å². The first-order chi connectivity index (χ1) is 18.3. The summed E-state index contributed by atoms with van der Waals surface area (Å²) < 4.78 is 8.09. The smallest absolute Gasteiger partial charge is 0.282 e. The van der Waals surface area contributed by atoms with Crippen LogP contribution in [0.25, 0.3) is 10.9 Å². The molecule has 1 fully saturated rings. The molecule has 10 heteroatoms. The summed E-state index contributed by atoms with van der Waals surface area (Å²) in [6.07, 6.45) is 6.94. The van der Waals surface area contributed by atoms with Crippen LogP contribution in [0.4, 0.5) is 0 Å². The predicted octanol–water partition coefficient (Wildman–Crippen LogP) is 9.28. The molecule has 1 aliphatic rings. The van der Waals surface area contributed by atoms with E-state index in [1.807, 2.05) is 18.2 Å². The normalized spacial score (nSPS) is 14.4. The average molecular weight is 654 g/mol. The first-order valence-electron chi connectivity index (χ1n) is 12.1. The molecular formula is C28H22BrCl4N3O2. The average Bonchev–Trinajstić information content (AvgIpc) is 2.90. The Kier molecular flexibility index (Phi) is 8.65. The Hall–Kier alpha value is -2.09. The zero-order valence-corrected chi connectivity index (χ0v) is 24.7. The SMILES string of the molecule is O=c1c2cc(Br)ccc2nc(C2CCCCC2)n1N=Cc1cc(Cl)c(OCc2ccc(Cl)c(Cl)c2)c(Cl)c1. The minimum Gasteiger partial charge on any atom is -0.486 e. The highest BCUT2D eigenvalue weighted by atomic mass is 79.9. The van der Waals surface area contributed by atoms with Gasteiger partial charge in [0.2, 0.25) is 0 Å². The van der Waals surface area contributed by atoms with Crippen molar-refractivity contribution in [2.45, 2.75) is 44.6 Å². The van der Waals surface area contributed by atoms with E-state index >= 15 is 0 Å². The van der Waals surface area contributed by atoms with Gasteiger partial charge in [0, 0.05) is 10.4 Å². The number of aromatic nitrogens is 2. The molecule has 4 aromatic rings. The molecule has 0 saturated heterocycles. The van der Waals surface area contributed by atoms with Gasteiger partial charge in [-0.25, -0.2) is 4.98 Å². The molecule has 0 spiro atoms. The van der Waals surface area contributed by atoms with E-state index in [4.69, 9.17) is 56.1 Å². The van der Waals surface area contributed by atoms with Gasteiger partial charge in [-0.3, -0.25) is 4.79 Å². The fourth-order valence-corrected chi connectivity index (χ4v) is 5.90. The number of halogens is 5. The molecule has 1 aliphatic carbocycles. The molecule has 196 valence electrons. The van der Waals surface area contributed by atoms with Crippen LogP contribution in [0, 0.1) is 0 Å². The number of rotatable bonds is 6. The summed E-state index contributed by atoms with van der Waals surface area (Å²) in [4.78, 5) is 18.4. The van der Waals surface area contributed by atoms with Crippen LogP contribution < -0.4 is 10.3 Å². The first-order valence-corrected chi connectivity index (χ1v) is 14.4. The van der Waals surface area contributed by atoms with Gasteiger partial charge >= 0.3 is 0 Å². The molecule has 0 atom stereocenters. The van der Waals surface area contributed by atoms with Crippen molar-refractivity contribution in [3.05, 3.63) is 100 Å². The van der Waals surface area contributed by atoms with Gasteiger partial charge in [0.25, 0.3) is 5.56 Å². The summed E-state index contributed by atoms with van der Waals surface area (Å²) >= 11 is 28.6. The molecule has 5 rings (SSSR count). The van der Waals surface area contributed by atoms with Crippen LogP contribution in [0.1, 0.15) is 55.0 Å². The lowest BCUT2D eigenvalue weighted by molar-refractivity contribution is 0.306. The van der Waals surface area contributed by atoms with Crippen LogP contribution in [0.15, 0.2) is 62.9 Å². The maximum absolute atomic E-state index is 13.5. The zero-order valence-electron chi connectivity index (χ0n) is 20.1. The van der Waals surface area contributed by atoms with Crippen molar-refractivity contribution in [2.24, 2.45) is 5.10 Å². The number of fused-ring (bicyclic) bond motifs is 1. The quantitative estimate of drug-likeness (QED) is 0.195. The van der Waals surface area contributed by atoms with Crippen LogP contribution in [0.2, 0.25) is 20.1 Å². The van der Waals surface area contributed by atoms with E-state index in [1.54, 1.807) is 36.5 Å². The summed E-state index contributed by atoms with van der Waals surface area (Å²) in [7, 11) is 0. The van der Waals surface area contributed by atoms with Crippen molar-refractivity contribution in [3.63, 3.8) is 0 Å². The van der Waals surface area contributed by atoms with Gasteiger partial charge in [0.05, 0.1) is 37.2 Å². The van der Waals surface area contributed by atoms with Crippen molar-refractivity contribution < 1.29 is 4.74 Å². The standard InChI is InChI=1S/C28H22BrCl4N3O2/c29-19-7-9-25-20(13-19)28(37)36(27(35-25)18-4-2-1-3-5-18)34-14-17-11-23(32)26(24(33)12-17)38-15-16-6-8-21(30)22(31)10-16/h6-14,18H,1-5,15H2. The second kappa shape index (κ2) is 12.0. The number of ether oxygens (including phenoxy) is 1. The van der Waals surface area contributed by atoms with Crippen LogP contribution in [0.5, 0.6) is 5.75 Å². The summed E-state index contributed by atoms with van der Waals surface area (Å²) in [6.45, 7) is 0.211. The van der Waals surface area contributed by atoms with Crippen LogP contribution in [-0.4, -0.2) is 15.9 Å². The lowest BCUT2D eigenvalue weighted by atomic mass is 9.88. The predicted molar refractivity (Wildman–Crippen MR) is 160 cm³/mol. The Labute approximate surface area is 248 Å². The van der Waals surface area contributed by atoms with Gasteiger partial charge in [0.15, 0.2) is 5.75 Å². The molecule has 1 aromatic heterocycles. The first kappa shape index (κ1) is 27.5. The van der Waals surface area contributed by atoms with Gasteiger partial charge in [-0.2, -0.15) is 9.78 Å². The topological polar surface area (TPSA) is 56.5 Å². The molecule has 0 amide bonds. The molecule has 0 aliphatic heterocycles. The zero-order chi connectivity index (χ0) is 26.8. The molecule has 0 radical (unpaired) electrons. The minimum atomic E-state index is -0.216. The second-order valence-corrected chi connectivity index (χ2v) is 11.7. The van der Waals surface area contributed by atoms with Crippen LogP contribution in [-0.2, 0) is 6.61 Å². The summed E-state index contributed by atoms with van der Waals surface area (Å²) in [5, 5.41) is 6.61. The third-order valence-electron chi connectivity index (χ3n) is 6.51. The Bertz CT molecular complexity index is 1580. The molecule has 0 bridgehead atoms. The van der Waals surface area contributed by atoms with E-state index in [0.29, 0.717) is 48.1 Å². The third kappa shape index (κ3) is 6.05. The Morgan fingerprint density at radius 3 is 2.39 bits per heavy atom. The van der Waals surface area contributed by atoms with Crippen LogP contribution in [0.3, 0.4) is 0 Å². The number of nitrogens with zero attached hydrogens (tertiary/aromatic N) is 3. The highest BCUT2D eigenvalue weighted by molar-refractivity contribution is 9.10. The van der Waals surface area contributed by atoms with E-state index in [1.165, 1.54) is 11.1 Å². The second-order valence-electron chi connectivity index (χ2n) is 9.18. The fraction of sp³-hybridized carbons (Fsp3) is 0.250. The van der Waals surface area contributed by atoms with Gasteiger partial charge < -0.3 is 4.74 Å². The van der Waals surface area contributed by atoms with Crippen LogP contribution >= 0.6 is 62.3 Å². The summed E-state index contributed by atoms with van der Waals surface area (Å²) in [6, 6.07) is 14.2. The summed E-state index contributed by atoms with van der Waals surface area (Å²) in [5.74, 6) is 1.19. The molecule has 38 heavy (non-hydrogen) atoms. The largest absolute Gasteiger partial charge is 0.486 e. The third-order valence-corrected chi connectivity index (χ3v) is 8.31. The number of hydrogen-bond acceptors (Lipinski definition) is 4. The molecule has 3 aromatic carbocycles. The Morgan fingerprint density at radius 2 is 1.68 bits per heavy atom. The van der Waals surface area contributed by atoms with E-state index in [2.05, 4.69) is 21.0 Å². The molecule has 0 N–H and O–H groups in total. The molecule has 0 unspecified atom stereocenters. The van der Waals surface area contributed by atoms with Crippen molar-refractivity contribution >= 4 is 79.5 Å². The maximum atomic E-state index is 13.5. The molecule has 1 saturated carbocycles. The fourth-order valence-electron chi connectivity index (χ4n) is 4.60. The van der Waals surface area contributed by atoms with Crippen molar-refractivity contribution in [2.75, 3.05) is 0 Å². The number of hydrogen-bond donors (Lipinski definition) is 0. The summed E-state index contributed by atoms with van der Waals surface area (Å²) in [5.41, 5.74) is 1.90. The highest BCUT2D eigenvalue weighted by Crippen LogP contribution is 2.35. The van der Waals surface area contributed by atoms with E-state index < -0.39 is 0 Å². The van der Waals surface area contributed by atoms with Crippen molar-refractivity contribution in [3.8, 4) is 5.75 Å². The van der Waals surface area contributed by atoms with Crippen molar-refractivity contribution in [1.82, 2.24) is 9.66 Å². The van der Waals surface area contributed by atoms with Crippen molar-refractivity contribution in [1.29, 1.82) is 0 Å². The molecule has 5 nitrogen and oxygen atoms in total. The number of benzene rings is 3. The highest BCUT2D eigenvalue weighted by Gasteiger charge is 2.22. The molecular weight excluding hydrogens is 632 g/mol. The van der Waals surface area contributed by atoms with E-state index in [-0.39, 0.29) is 18.1 Å². The van der Waals surface area contributed by atoms with Gasteiger partial charge in [0.1, 0.15) is 12.4 Å². The van der Waals surface area contributed by atoms with E-state index in [0.717, 1.165) is 35.7 Å². The van der Waals surface area contributed by atoms with Gasteiger partial charge in [-0.1, -0.05) is 87.7 Å². The Balaban J connectivity index is 1.46. The monoisotopic (exact) mass is 651 g/mol. The Morgan fingerprint density at radius 1 is 0.947 bits per heavy atom. The minimum absolute atomic E-state index is 0.172. The lowest BCUT2D eigenvalue weighted by Gasteiger charge is -2.22. The molecule has 1 heterocycles.